The Morgan fingerprint density at radius 2 is 1.88 bits per heavy atom. The topological polar surface area (TPSA) is 129 Å². The van der Waals surface area contributed by atoms with Gasteiger partial charge in [0.25, 0.3) is 5.69 Å². The lowest BCUT2D eigenvalue weighted by Gasteiger charge is -2.23. The maximum atomic E-state index is 13.4. The summed E-state index contributed by atoms with van der Waals surface area (Å²) in [7, 11) is -3.03. The molecule has 0 saturated carbocycles. The minimum absolute atomic E-state index is 0.000930. The van der Waals surface area contributed by atoms with Gasteiger partial charge in [0.15, 0.2) is 5.78 Å². The number of esters is 1. The summed E-state index contributed by atoms with van der Waals surface area (Å²) in [5.41, 5.74) is 0.855. The first-order valence-corrected chi connectivity index (χ1v) is 12.3. The van der Waals surface area contributed by atoms with Crippen molar-refractivity contribution in [2.45, 2.75) is 46.1 Å². The van der Waals surface area contributed by atoms with Crippen LogP contribution >= 0.6 is 11.6 Å². The van der Waals surface area contributed by atoms with E-state index in [9.17, 15) is 28.1 Å². The first kappa shape index (κ1) is 27.5. The quantitative estimate of drug-likeness (QED) is 0.203. The van der Waals surface area contributed by atoms with Gasteiger partial charge >= 0.3 is 5.97 Å². The molecule has 0 N–H and O–H groups in total. The van der Waals surface area contributed by atoms with Crippen molar-refractivity contribution in [3.63, 3.8) is 0 Å². The Morgan fingerprint density at radius 1 is 1.26 bits per heavy atom. The van der Waals surface area contributed by atoms with Crippen molar-refractivity contribution in [2.24, 2.45) is 5.92 Å². The molecule has 0 aliphatic carbocycles. The molecule has 186 valence electrons. The van der Waals surface area contributed by atoms with Crippen LogP contribution in [0.1, 0.15) is 52.9 Å². The van der Waals surface area contributed by atoms with Gasteiger partial charge in [0, 0.05) is 30.4 Å². The molecule has 0 aliphatic heterocycles. The second kappa shape index (κ2) is 10.7. The second-order valence-corrected chi connectivity index (χ2v) is 10.5. The van der Waals surface area contributed by atoms with Crippen LogP contribution in [0.15, 0.2) is 23.1 Å². The number of rotatable bonds is 10. The SMILES string of the molecule is CCn1c(C)c(C(=O)CN(CC(C)C)S(=O)(=O)c2ccc(Cl)c([N+](=O)[O-])c2)c(C)c1C(=O)OC. The van der Waals surface area contributed by atoms with E-state index in [1.54, 1.807) is 32.3 Å². The molecule has 0 spiro atoms. The van der Waals surface area contributed by atoms with Crippen LogP contribution in [0.25, 0.3) is 0 Å². The van der Waals surface area contributed by atoms with Gasteiger partial charge in [0.2, 0.25) is 10.0 Å². The number of carbonyl (C=O) groups excluding carboxylic acids is 2. The fourth-order valence-electron chi connectivity index (χ4n) is 3.90. The second-order valence-electron chi connectivity index (χ2n) is 8.15. The van der Waals surface area contributed by atoms with Crippen LogP contribution < -0.4 is 0 Å². The first-order valence-electron chi connectivity index (χ1n) is 10.5. The van der Waals surface area contributed by atoms with Crippen LogP contribution in [0.2, 0.25) is 5.02 Å². The van der Waals surface area contributed by atoms with E-state index in [2.05, 4.69) is 0 Å². The number of hydrogen-bond donors (Lipinski definition) is 0. The summed E-state index contributed by atoms with van der Waals surface area (Å²) in [6, 6.07) is 3.19. The van der Waals surface area contributed by atoms with Crippen LogP contribution in [-0.2, 0) is 21.3 Å². The van der Waals surface area contributed by atoms with Gasteiger partial charge in [-0.3, -0.25) is 14.9 Å². The van der Waals surface area contributed by atoms with Crippen molar-refractivity contribution in [3.05, 3.63) is 55.9 Å². The van der Waals surface area contributed by atoms with Gasteiger partial charge in [-0.25, -0.2) is 13.2 Å². The molecule has 0 unspecified atom stereocenters. The summed E-state index contributed by atoms with van der Waals surface area (Å²) < 4.78 is 34.3. The number of nitrogens with zero attached hydrogens (tertiary/aromatic N) is 3. The Hall–Kier alpha value is -2.76. The zero-order valence-corrected chi connectivity index (χ0v) is 21.5. The van der Waals surface area contributed by atoms with Crippen molar-refractivity contribution < 1.29 is 27.7 Å². The van der Waals surface area contributed by atoms with Gasteiger partial charge in [0.05, 0.1) is 23.5 Å². The Labute approximate surface area is 203 Å². The smallest absolute Gasteiger partial charge is 0.354 e. The number of benzene rings is 1. The Morgan fingerprint density at radius 3 is 2.38 bits per heavy atom. The molecule has 34 heavy (non-hydrogen) atoms. The summed E-state index contributed by atoms with van der Waals surface area (Å²) in [5, 5.41) is 11.1. The first-order chi connectivity index (χ1) is 15.8. The molecular weight excluding hydrogens is 486 g/mol. The summed E-state index contributed by atoms with van der Waals surface area (Å²) in [5.74, 6) is -1.24. The molecule has 2 rings (SSSR count). The molecule has 0 amide bonds. The Kier molecular flexibility index (Phi) is 8.62. The number of methoxy groups -OCH3 is 1. The van der Waals surface area contributed by atoms with E-state index >= 15 is 0 Å². The third-order valence-electron chi connectivity index (χ3n) is 5.38. The monoisotopic (exact) mass is 513 g/mol. The van der Waals surface area contributed by atoms with Gasteiger partial charge in [-0.05, 0) is 44.4 Å². The maximum Gasteiger partial charge on any atom is 0.354 e. The average molecular weight is 514 g/mol. The lowest BCUT2D eigenvalue weighted by atomic mass is 10.1. The van der Waals surface area contributed by atoms with E-state index in [-0.39, 0.29) is 33.6 Å². The lowest BCUT2D eigenvalue weighted by Crippen LogP contribution is -2.38. The van der Waals surface area contributed by atoms with Crippen LogP contribution in [0.5, 0.6) is 0 Å². The molecule has 2 aromatic rings. The molecule has 0 bridgehead atoms. The van der Waals surface area contributed by atoms with Crippen molar-refractivity contribution in [1.82, 2.24) is 8.87 Å². The van der Waals surface area contributed by atoms with Gasteiger partial charge in [-0.15, -0.1) is 0 Å². The van der Waals surface area contributed by atoms with E-state index in [0.29, 0.717) is 17.8 Å². The number of halogens is 1. The molecule has 0 aliphatic rings. The molecule has 1 aromatic heterocycles. The van der Waals surface area contributed by atoms with E-state index in [1.807, 2.05) is 6.92 Å². The van der Waals surface area contributed by atoms with Gasteiger partial charge in [0.1, 0.15) is 10.7 Å². The number of aromatic nitrogens is 1. The van der Waals surface area contributed by atoms with Crippen LogP contribution in [0.4, 0.5) is 5.69 Å². The van der Waals surface area contributed by atoms with Crippen LogP contribution in [-0.4, -0.2) is 54.2 Å². The summed E-state index contributed by atoms with van der Waals surface area (Å²) >= 11 is 5.83. The number of nitro benzene ring substituents is 1. The summed E-state index contributed by atoms with van der Waals surface area (Å²) in [6.45, 7) is 8.59. The maximum absolute atomic E-state index is 13.4. The number of carbonyl (C=O) groups is 2. The highest BCUT2D eigenvalue weighted by atomic mass is 35.5. The average Bonchev–Trinajstić information content (AvgIpc) is 3.01. The normalized spacial score (nSPS) is 11.8. The number of ketones is 1. The predicted molar refractivity (Wildman–Crippen MR) is 127 cm³/mol. The molecule has 1 heterocycles. The zero-order chi connectivity index (χ0) is 26.0. The van der Waals surface area contributed by atoms with Gasteiger partial charge in [-0.1, -0.05) is 25.4 Å². The van der Waals surface area contributed by atoms with Crippen molar-refractivity contribution in [3.8, 4) is 0 Å². The number of hydrogen-bond acceptors (Lipinski definition) is 7. The van der Waals surface area contributed by atoms with E-state index in [1.165, 1.54) is 13.2 Å². The highest BCUT2D eigenvalue weighted by molar-refractivity contribution is 7.89. The Bertz CT molecular complexity index is 1240. The minimum atomic E-state index is -4.28. The van der Waals surface area contributed by atoms with Gasteiger partial charge in [-0.2, -0.15) is 4.31 Å². The molecule has 1 aromatic carbocycles. The van der Waals surface area contributed by atoms with E-state index in [4.69, 9.17) is 16.3 Å². The molecule has 0 radical (unpaired) electrons. The van der Waals surface area contributed by atoms with Crippen molar-refractivity contribution >= 4 is 39.1 Å². The number of sulfonamides is 1. The summed E-state index contributed by atoms with van der Waals surface area (Å²) in [6.07, 6.45) is 0. The highest BCUT2D eigenvalue weighted by Gasteiger charge is 2.32. The fourth-order valence-corrected chi connectivity index (χ4v) is 5.66. The number of Topliss-reactive ketones (excluding diaryl/α,β-unsaturated/α-hetero) is 1. The molecule has 0 fully saturated rings. The van der Waals surface area contributed by atoms with E-state index in [0.717, 1.165) is 16.4 Å². The summed E-state index contributed by atoms with van der Waals surface area (Å²) in [4.78, 5) is 35.8. The zero-order valence-electron chi connectivity index (χ0n) is 19.9. The number of ether oxygens (including phenoxy) is 1. The van der Waals surface area contributed by atoms with Crippen LogP contribution in [0.3, 0.4) is 0 Å². The highest BCUT2D eigenvalue weighted by Crippen LogP contribution is 2.30. The molecule has 0 saturated heterocycles. The lowest BCUT2D eigenvalue weighted by molar-refractivity contribution is -0.384. The molecular formula is C22H28ClN3O7S. The van der Waals surface area contributed by atoms with Crippen molar-refractivity contribution in [2.75, 3.05) is 20.2 Å². The fraction of sp³-hybridized carbons (Fsp3) is 0.455. The predicted octanol–water partition coefficient (Wildman–Crippen LogP) is 4.00. The van der Waals surface area contributed by atoms with Crippen molar-refractivity contribution in [1.29, 1.82) is 0 Å². The van der Waals surface area contributed by atoms with E-state index < -0.39 is 38.9 Å². The minimum Gasteiger partial charge on any atom is -0.464 e. The number of nitro groups is 1. The molecule has 10 nitrogen and oxygen atoms in total. The third kappa shape index (κ3) is 5.31. The van der Waals surface area contributed by atoms with Crippen LogP contribution in [0, 0.1) is 29.9 Å². The standard InChI is InChI=1S/C22H28ClN3O7S/c1-7-25-15(5)20(14(4)21(25)22(28)33-6)19(27)12-24(11-13(2)3)34(31,32)16-8-9-17(23)18(10-16)26(29)30/h8-10,13H,7,11-12H2,1-6H3. The molecule has 12 heteroatoms. The Balaban J connectivity index is 2.56. The third-order valence-corrected chi connectivity index (χ3v) is 7.51. The largest absolute Gasteiger partial charge is 0.464 e. The molecule has 0 atom stereocenters. The van der Waals surface area contributed by atoms with Gasteiger partial charge < -0.3 is 9.30 Å².